The van der Waals surface area contributed by atoms with Crippen LogP contribution in [0.1, 0.15) is 21.7 Å². The summed E-state index contributed by atoms with van der Waals surface area (Å²) in [7, 11) is -0.900. The lowest BCUT2D eigenvalue weighted by Crippen LogP contribution is -2.36. The van der Waals surface area contributed by atoms with Gasteiger partial charge in [0.2, 0.25) is 10.0 Å². The Hall–Kier alpha value is -1.42. The largest absolute Gasteiger partial charge is 0.477 e. The Morgan fingerprint density at radius 2 is 2.00 bits per heavy atom. The molecule has 0 saturated carbocycles. The minimum Gasteiger partial charge on any atom is -0.477 e. The number of carboxylic acid groups (broad SMARTS) is 1. The molecule has 120 valence electrons. The van der Waals surface area contributed by atoms with Gasteiger partial charge < -0.3 is 19.6 Å². The van der Waals surface area contributed by atoms with Crippen LogP contribution in [0.15, 0.2) is 4.90 Å². The van der Waals surface area contributed by atoms with Crippen molar-refractivity contribution in [3.8, 4) is 0 Å². The summed E-state index contributed by atoms with van der Waals surface area (Å²) in [6.07, 6.45) is -0.428. The van der Waals surface area contributed by atoms with Crippen LogP contribution in [0.2, 0.25) is 0 Å². The van der Waals surface area contributed by atoms with E-state index in [1.54, 1.807) is 0 Å². The Morgan fingerprint density at radius 3 is 2.43 bits per heavy atom. The predicted octanol–water partition coefficient (Wildman–Crippen LogP) is 0.269. The molecule has 8 nitrogen and oxygen atoms in total. The molecule has 0 saturated heterocycles. The molecule has 0 spiro atoms. The van der Waals surface area contributed by atoms with Gasteiger partial charge in [-0.25, -0.2) is 17.9 Å². The number of carbonyl (C=O) groups is 1. The third kappa shape index (κ3) is 4.03. The number of carboxylic acids is 1. The fraction of sp³-hybridized carbons (Fsp3) is 0.583. The lowest BCUT2D eigenvalue weighted by Gasteiger charge is -2.15. The average molecular weight is 320 g/mol. The first kappa shape index (κ1) is 17.6. The third-order valence-corrected chi connectivity index (χ3v) is 4.73. The maximum atomic E-state index is 12.3. The number of hydrogen-bond acceptors (Lipinski definition) is 5. The first-order valence-electron chi connectivity index (χ1n) is 6.18. The van der Waals surface area contributed by atoms with E-state index < -0.39 is 22.1 Å². The van der Waals surface area contributed by atoms with Crippen molar-refractivity contribution in [3.05, 3.63) is 17.0 Å². The van der Waals surface area contributed by atoms with Gasteiger partial charge in [-0.3, -0.25) is 0 Å². The Bertz CT molecular complexity index is 608. The molecule has 1 rings (SSSR count). The standard InChI is InChI=1S/C12H20N2O6S/c1-7-10(12(15)16)14-8(2)11(7)21(17,18)13-5-9(20-4)6-19-3/h9,13-14H,5-6H2,1-4H3,(H,15,16). The quantitative estimate of drug-likeness (QED) is 0.633. The molecule has 1 aromatic heterocycles. The summed E-state index contributed by atoms with van der Waals surface area (Å²) in [5.41, 5.74) is 0.319. The van der Waals surface area contributed by atoms with Crippen LogP contribution in [-0.2, 0) is 19.5 Å². The monoisotopic (exact) mass is 320 g/mol. The van der Waals surface area contributed by atoms with Gasteiger partial charge in [-0.05, 0) is 13.8 Å². The van der Waals surface area contributed by atoms with Crippen LogP contribution in [0.5, 0.6) is 0 Å². The number of rotatable bonds is 8. The van der Waals surface area contributed by atoms with Gasteiger partial charge in [0, 0.05) is 32.0 Å². The van der Waals surface area contributed by atoms with Crippen LogP contribution in [0.4, 0.5) is 0 Å². The fourth-order valence-electron chi connectivity index (χ4n) is 2.02. The number of H-pyrrole nitrogens is 1. The molecule has 0 radical (unpaired) electrons. The summed E-state index contributed by atoms with van der Waals surface area (Å²) in [6, 6.07) is 0. The van der Waals surface area contributed by atoms with Crippen molar-refractivity contribution in [2.24, 2.45) is 0 Å². The normalized spacial score (nSPS) is 13.3. The number of ether oxygens (including phenoxy) is 2. The summed E-state index contributed by atoms with van der Waals surface area (Å²) >= 11 is 0. The van der Waals surface area contributed by atoms with Gasteiger partial charge in [0.25, 0.3) is 0 Å². The molecule has 0 bridgehead atoms. The Labute approximate surface area is 123 Å². The molecule has 0 aliphatic carbocycles. The topological polar surface area (TPSA) is 118 Å². The van der Waals surface area contributed by atoms with Gasteiger partial charge >= 0.3 is 5.97 Å². The Kier molecular flexibility index (Phi) is 5.90. The van der Waals surface area contributed by atoms with Gasteiger partial charge in [0.1, 0.15) is 10.6 Å². The maximum absolute atomic E-state index is 12.3. The first-order valence-corrected chi connectivity index (χ1v) is 7.66. The number of sulfonamides is 1. The highest BCUT2D eigenvalue weighted by atomic mass is 32.2. The predicted molar refractivity (Wildman–Crippen MR) is 75.1 cm³/mol. The van der Waals surface area contributed by atoms with Crippen molar-refractivity contribution in [1.29, 1.82) is 0 Å². The van der Waals surface area contributed by atoms with E-state index in [9.17, 15) is 13.2 Å². The number of methoxy groups -OCH3 is 2. The van der Waals surface area contributed by atoms with Crippen LogP contribution in [-0.4, -0.2) is 58.0 Å². The summed E-state index contributed by atoms with van der Waals surface area (Å²) in [6.45, 7) is 3.23. The SMILES string of the molecule is COCC(CNS(=O)(=O)c1c(C)[nH]c(C(=O)O)c1C)OC. The first-order chi connectivity index (χ1) is 9.74. The zero-order valence-corrected chi connectivity index (χ0v) is 13.2. The third-order valence-electron chi connectivity index (χ3n) is 3.04. The van der Waals surface area contributed by atoms with Gasteiger partial charge in [0.05, 0.1) is 12.7 Å². The second-order valence-electron chi connectivity index (χ2n) is 4.55. The number of nitrogens with one attached hydrogen (secondary N) is 2. The molecule has 9 heteroatoms. The van der Waals surface area contributed by atoms with Crippen molar-refractivity contribution >= 4 is 16.0 Å². The van der Waals surface area contributed by atoms with E-state index in [0.29, 0.717) is 0 Å². The van der Waals surface area contributed by atoms with Crippen LogP contribution < -0.4 is 4.72 Å². The Morgan fingerprint density at radius 1 is 1.38 bits per heavy atom. The van der Waals surface area contributed by atoms with Crippen LogP contribution in [0.25, 0.3) is 0 Å². The van der Waals surface area contributed by atoms with Gasteiger partial charge in [0.15, 0.2) is 0 Å². The van der Waals surface area contributed by atoms with E-state index in [-0.39, 0.29) is 35.0 Å². The second kappa shape index (κ2) is 7.03. The fourth-order valence-corrected chi connectivity index (χ4v) is 3.53. The number of aromatic nitrogens is 1. The minimum atomic E-state index is -3.84. The number of hydrogen-bond donors (Lipinski definition) is 3. The van der Waals surface area contributed by atoms with Crippen molar-refractivity contribution in [2.45, 2.75) is 24.8 Å². The molecule has 21 heavy (non-hydrogen) atoms. The van der Waals surface area contributed by atoms with Crippen molar-refractivity contribution in [2.75, 3.05) is 27.4 Å². The van der Waals surface area contributed by atoms with Crippen LogP contribution in [0.3, 0.4) is 0 Å². The highest BCUT2D eigenvalue weighted by Crippen LogP contribution is 2.22. The number of aromatic carboxylic acids is 1. The average Bonchev–Trinajstić information content (AvgIpc) is 2.70. The van der Waals surface area contributed by atoms with Crippen LogP contribution >= 0.6 is 0 Å². The summed E-state index contributed by atoms with van der Waals surface area (Å²) in [4.78, 5) is 13.6. The van der Waals surface area contributed by atoms with E-state index in [1.807, 2.05) is 0 Å². The molecular weight excluding hydrogens is 300 g/mol. The minimum absolute atomic E-state index is 0.0269. The molecule has 1 heterocycles. The number of aromatic amines is 1. The van der Waals surface area contributed by atoms with Crippen molar-refractivity contribution < 1.29 is 27.8 Å². The molecule has 1 atom stereocenters. The second-order valence-corrected chi connectivity index (χ2v) is 6.25. The van der Waals surface area contributed by atoms with E-state index in [2.05, 4.69) is 9.71 Å². The van der Waals surface area contributed by atoms with E-state index in [4.69, 9.17) is 14.6 Å². The van der Waals surface area contributed by atoms with Gasteiger partial charge in [-0.15, -0.1) is 0 Å². The zero-order chi connectivity index (χ0) is 16.2. The molecule has 0 aliphatic rings. The zero-order valence-electron chi connectivity index (χ0n) is 12.4. The highest BCUT2D eigenvalue weighted by Gasteiger charge is 2.26. The van der Waals surface area contributed by atoms with Crippen molar-refractivity contribution in [3.63, 3.8) is 0 Å². The molecule has 3 N–H and O–H groups in total. The van der Waals surface area contributed by atoms with E-state index >= 15 is 0 Å². The Balaban J connectivity index is 3.01. The van der Waals surface area contributed by atoms with Crippen molar-refractivity contribution in [1.82, 2.24) is 9.71 Å². The molecular formula is C12H20N2O6S. The van der Waals surface area contributed by atoms with Gasteiger partial charge in [-0.2, -0.15) is 0 Å². The summed E-state index contributed by atoms with van der Waals surface area (Å²) in [5.74, 6) is -1.20. The lowest BCUT2D eigenvalue weighted by molar-refractivity contribution is 0.0320. The van der Waals surface area contributed by atoms with Crippen LogP contribution in [0, 0.1) is 13.8 Å². The lowest BCUT2D eigenvalue weighted by atomic mass is 10.2. The highest BCUT2D eigenvalue weighted by molar-refractivity contribution is 7.89. The maximum Gasteiger partial charge on any atom is 0.352 e. The van der Waals surface area contributed by atoms with E-state index in [1.165, 1.54) is 28.1 Å². The van der Waals surface area contributed by atoms with E-state index in [0.717, 1.165) is 0 Å². The molecule has 0 aromatic carbocycles. The molecule has 1 aromatic rings. The molecule has 1 unspecified atom stereocenters. The van der Waals surface area contributed by atoms with Gasteiger partial charge in [-0.1, -0.05) is 0 Å². The molecule has 0 fully saturated rings. The molecule has 0 aliphatic heterocycles. The summed E-state index contributed by atoms with van der Waals surface area (Å²) < 4.78 is 37.0. The molecule has 0 amide bonds. The smallest absolute Gasteiger partial charge is 0.352 e. The number of aryl methyl sites for hydroxylation is 1. The summed E-state index contributed by atoms with van der Waals surface area (Å²) in [5, 5.41) is 9.01.